The second-order valence-corrected chi connectivity index (χ2v) is 11.7. The lowest BCUT2D eigenvalue weighted by atomic mass is 9.42. The van der Waals surface area contributed by atoms with Gasteiger partial charge in [-0.3, -0.25) is 0 Å². The Morgan fingerprint density at radius 3 is 2.04 bits per heavy atom. The van der Waals surface area contributed by atoms with Gasteiger partial charge < -0.3 is 5.32 Å². The van der Waals surface area contributed by atoms with E-state index in [9.17, 15) is 0 Å². The summed E-state index contributed by atoms with van der Waals surface area (Å²) in [4.78, 5) is 0. The molecule has 1 N–H and O–H groups in total. The molecule has 26 heavy (non-hydrogen) atoms. The maximum absolute atomic E-state index is 4.46. The molecule has 5 fully saturated rings. The van der Waals surface area contributed by atoms with E-state index in [0.717, 1.165) is 11.8 Å². The van der Waals surface area contributed by atoms with Gasteiger partial charge in [0.15, 0.2) is 0 Å². The monoisotopic (exact) mass is 351 g/mol. The molecule has 4 bridgehead atoms. The first kappa shape index (κ1) is 17.3. The van der Waals surface area contributed by atoms with Gasteiger partial charge in [-0.2, -0.15) is 0 Å². The second kappa shape index (κ2) is 5.60. The molecular formula is C25H37N. The zero-order valence-electron chi connectivity index (χ0n) is 17.1. The van der Waals surface area contributed by atoms with Crippen LogP contribution in [0, 0.1) is 22.7 Å². The van der Waals surface area contributed by atoms with Crippen molar-refractivity contribution in [2.24, 2.45) is 22.7 Å². The van der Waals surface area contributed by atoms with Crippen molar-refractivity contribution in [1.82, 2.24) is 5.32 Å². The molecule has 0 amide bonds. The summed E-state index contributed by atoms with van der Waals surface area (Å²) in [6.45, 7) is 7.65. The molecule has 0 saturated heterocycles. The van der Waals surface area contributed by atoms with Crippen LogP contribution in [0.5, 0.6) is 0 Å². The first-order valence-electron chi connectivity index (χ1n) is 11.2. The molecule has 1 nitrogen and oxygen atoms in total. The van der Waals surface area contributed by atoms with Crippen molar-refractivity contribution in [3.63, 3.8) is 0 Å². The van der Waals surface area contributed by atoms with Crippen LogP contribution in [-0.2, 0) is 5.54 Å². The smallest absolute Gasteiger partial charge is 0.0439 e. The van der Waals surface area contributed by atoms with Crippen LogP contribution in [0.15, 0.2) is 30.3 Å². The van der Waals surface area contributed by atoms with Crippen molar-refractivity contribution in [1.29, 1.82) is 0 Å². The molecule has 1 heteroatoms. The minimum Gasteiger partial charge on any atom is -0.302 e. The van der Waals surface area contributed by atoms with Gasteiger partial charge >= 0.3 is 0 Å². The molecular weight excluding hydrogens is 314 g/mol. The molecule has 142 valence electrons. The summed E-state index contributed by atoms with van der Waals surface area (Å²) in [5, 5.41) is 4.46. The number of benzene rings is 1. The van der Waals surface area contributed by atoms with E-state index in [1.54, 1.807) is 5.56 Å². The lowest BCUT2D eigenvalue weighted by molar-refractivity contribution is -0.129. The van der Waals surface area contributed by atoms with E-state index >= 15 is 0 Å². The molecule has 2 atom stereocenters. The fourth-order valence-corrected chi connectivity index (χ4v) is 8.59. The minimum atomic E-state index is 0.214. The van der Waals surface area contributed by atoms with E-state index < -0.39 is 0 Å². The van der Waals surface area contributed by atoms with Crippen molar-refractivity contribution in [3.8, 4) is 0 Å². The SMILES string of the molecule is CC1CCC(NC23CC4CC(C)(CC(C)(C4)C2)C3)(c2ccccc2)CC1. The van der Waals surface area contributed by atoms with E-state index in [1.807, 2.05) is 0 Å². The molecule has 0 heterocycles. The highest BCUT2D eigenvalue weighted by molar-refractivity contribution is 5.28. The van der Waals surface area contributed by atoms with Gasteiger partial charge in [-0.25, -0.2) is 0 Å². The van der Waals surface area contributed by atoms with Crippen LogP contribution < -0.4 is 5.32 Å². The summed E-state index contributed by atoms with van der Waals surface area (Å²) in [6, 6.07) is 11.5. The Kier molecular flexibility index (Phi) is 3.72. The predicted molar refractivity (Wildman–Crippen MR) is 109 cm³/mol. The fraction of sp³-hybridized carbons (Fsp3) is 0.760. The summed E-state index contributed by atoms with van der Waals surface area (Å²) >= 11 is 0. The number of nitrogens with one attached hydrogen (secondary N) is 1. The lowest BCUT2D eigenvalue weighted by Crippen LogP contribution is -2.68. The Bertz CT molecular complexity index is 651. The van der Waals surface area contributed by atoms with Crippen molar-refractivity contribution in [2.75, 3.05) is 0 Å². The Labute approximate surface area is 160 Å². The van der Waals surface area contributed by atoms with Crippen molar-refractivity contribution in [2.45, 2.75) is 96.1 Å². The maximum Gasteiger partial charge on any atom is 0.0439 e. The van der Waals surface area contributed by atoms with Crippen molar-refractivity contribution in [3.05, 3.63) is 35.9 Å². The van der Waals surface area contributed by atoms with Crippen LogP contribution in [0.4, 0.5) is 0 Å². The largest absolute Gasteiger partial charge is 0.302 e. The average Bonchev–Trinajstić information content (AvgIpc) is 2.54. The first-order valence-corrected chi connectivity index (χ1v) is 11.2. The highest BCUT2D eigenvalue weighted by atomic mass is 15.1. The third kappa shape index (κ3) is 2.77. The molecule has 0 spiro atoms. The van der Waals surface area contributed by atoms with Crippen molar-refractivity contribution >= 4 is 0 Å². The standard InChI is InChI=1S/C25H37N/c1-19-9-11-25(12-10-19,21-7-5-4-6-8-21)26-24-15-20-13-22(2,17-24)16-23(3,14-20)18-24/h4-8,19-20,26H,9-18H2,1-3H3. The Morgan fingerprint density at radius 1 is 0.846 bits per heavy atom. The van der Waals surface area contributed by atoms with Crippen LogP contribution in [0.2, 0.25) is 0 Å². The van der Waals surface area contributed by atoms with Gasteiger partial charge in [-0.15, -0.1) is 0 Å². The molecule has 5 aliphatic carbocycles. The van der Waals surface area contributed by atoms with Gasteiger partial charge in [0, 0.05) is 11.1 Å². The zero-order chi connectivity index (χ0) is 18.0. The van der Waals surface area contributed by atoms with Crippen LogP contribution >= 0.6 is 0 Å². The Balaban J connectivity index is 1.51. The molecule has 5 aliphatic rings. The molecule has 5 saturated carbocycles. The summed E-state index contributed by atoms with van der Waals surface area (Å²) in [7, 11) is 0. The second-order valence-electron chi connectivity index (χ2n) is 11.7. The molecule has 2 unspecified atom stereocenters. The molecule has 6 rings (SSSR count). The quantitative estimate of drug-likeness (QED) is 0.661. The maximum atomic E-state index is 4.46. The molecule has 0 aliphatic heterocycles. The number of hydrogen-bond donors (Lipinski definition) is 1. The Hall–Kier alpha value is -0.820. The van der Waals surface area contributed by atoms with E-state index in [-0.39, 0.29) is 5.54 Å². The first-order chi connectivity index (χ1) is 12.3. The van der Waals surface area contributed by atoms with Gasteiger partial charge in [0.1, 0.15) is 0 Å². The normalized spacial score (nSPS) is 50.1. The fourth-order valence-electron chi connectivity index (χ4n) is 8.59. The van der Waals surface area contributed by atoms with Gasteiger partial charge in [0.25, 0.3) is 0 Å². The average molecular weight is 352 g/mol. The highest BCUT2D eigenvalue weighted by Gasteiger charge is 2.61. The summed E-state index contributed by atoms with van der Waals surface area (Å²) in [5.74, 6) is 1.85. The number of rotatable bonds is 3. The van der Waals surface area contributed by atoms with Crippen LogP contribution in [0.1, 0.15) is 90.5 Å². The van der Waals surface area contributed by atoms with Crippen LogP contribution in [0.25, 0.3) is 0 Å². The van der Waals surface area contributed by atoms with Gasteiger partial charge in [-0.1, -0.05) is 51.1 Å². The highest BCUT2D eigenvalue weighted by Crippen LogP contribution is 2.67. The van der Waals surface area contributed by atoms with Crippen LogP contribution in [-0.4, -0.2) is 5.54 Å². The topological polar surface area (TPSA) is 12.0 Å². The molecule has 1 aromatic carbocycles. The predicted octanol–water partition coefficient (Wildman–Crippen LogP) is 6.43. The van der Waals surface area contributed by atoms with E-state index in [0.29, 0.717) is 16.4 Å². The zero-order valence-corrected chi connectivity index (χ0v) is 17.1. The van der Waals surface area contributed by atoms with Crippen molar-refractivity contribution < 1.29 is 0 Å². The third-order valence-electron chi connectivity index (χ3n) is 8.58. The summed E-state index contributed by atoms with van der Waals surface area (Å²) < 4.78 is 0. The molecule has 1 aromatic rings. The van der Waals surface area contributed by atoms with E-state index in [4.69, 9.17) is 0 Å². The molecule has 0 aromatic heterocycles. The Morgan fingerprint density at radius 2 is 1.46 bits per heavy atom. The van der Waals surface area contributed by atoms with E-state index in [1.165, 1.54) is 64.2 Å². The lowest BCUT2D eigenvalue weighted by Gasteiger charge is -2.67. The summed E-state index contributed by atoms with van der Waals surface area (Å²) in [5.41, 5.74) is 3.32. The number of hydrogen-bond acceptors (Lipinski definition) is 1. The van der Waals surface area contributed by atoms with Crippen LogP contribution in [0.3, 0.4) is 0 Å². The van der Waals surface area contributed by atoms with E-state index in [2.05, 4.69) is 56.4 Å². The van der Waals surface area contributed by atoms with Gasteiger partial charge in [0.2, 0.25) is 0 Å². The third-order valence-corrected chi connectivity index (χ3v) is 8.58. The van der Waals surface area contributed by atoms with Gasteiger partial charge in [0.05, 0.1) is 0 Å². The summed E-state index contributed by atoms with van der Waals surface area (Å²) in [6.07, 6.45) is 14.1. The molecule has 0 radical (unpaired) electrons. The minimum absolute atomic E-state index is 0.214. The van der Waals surface area contributed by atoms with Gasteiger partial charge in [-0.05, 0) is 92.4 Å².